The molecule has 3 nitrogen and oxygen atoms in total. The Morgan fingerprint density at radius 1 is 1.00 bits per heavy atom. The van der Waals surface area contributed by atoms with Crippen molar-refractivity contribution in [2.45, 2.75) is 6.18 Å². The first-order valence-electron chi connectivity index (χ1n) is 6.12. The van der Waals surface area contributed by atoms with E-state index in [1.54, 1.807) is 24.3 Å². The summed E-state index contributed by atoms with van der Waals surface area (Å²) in [5, 5.41) is 1.52. The van der Waals surface area contributed by atoms with Crippen molar-refractivity contribution in [1.29, 1.82) is 0 Å². The van der Waals surface area contributed by atoms with E-state index >= 15 is 0 Å². The number of alkyl halides is 3. The van der Waals surface area contributed by atoms with Crippen LogP contribution in [0, 0.1) is 0 Å². The second-order valence-electron chi connectivity index (χ2n) is 4.56. The van der Waals surface area contributed by atoms with Gasteiger partial charge in [0.2, 0.25) is 0 Å². The number of halogens is 3. The molecule has 3 aromatic rings. The first-order valence-corrected chi connectivity index (χ1v) is 6.12. The van der Waals surface area contributed by atoms with Crippen LogP contribution in [0.4, 0.5) is 13.2 Å². The molecule has 0 radical (unpaired) electrons. The van der Waals surface area contributed by atoms with Crippen molar-refractivity contribution in [3.8, 4) is 0 Å². The second kappa shape index (κ2) is 4.51. The fraction of sp³-hybridized carbons (Fsp3) is 0.133. The van der Waals surface area contributed by atoms with Crippen molar-refractivity contribution in [2.24, 2.45) is 0 Å². The molecule has 6 heteroatoms. The predicted molar refractivity (Wildman–Crippen MR) is 73.2 cm³/mol. The average molecular weight is 293 g/mol. The number of fused-ring (bicyclic) bond motifs is 3. The van der Waals surface area contributed by atoms with E-state index in [1.165, 1.54) is 13.2 Å². The Labute approximate surface area is 117 Å². The zero-order chi connectivity index (χ0) is 15.2. The highest BCUT2D eigenvalue weighted by Crippen LogP contribution is 2.32. The number of rotatable bonds is 1. The van der Waals surface area contributed by atoms with Gasteiger partial charge in [0.1, 0.15) is 7.11 Å². The molecule has 0 saturated heterocycles. The molecule has 0 saturated carbocycles. The molecule has 0 aliphatic carbocycles. The molecule has 0 amide bonds. The minimum Gasteiger partial charge on any atom is -0.413 e. The molecule has 0 unspecified atom stereocenters. The molecule has 0 spiro atoms. The van der Waals surface area contributed by atoms with Crippen LogP contribution >= 0.6 is 0 Å². The van der Waals surface area contributed by atoms with Gasteiger partial charge in [-0.15, -0.1) is 4.73 Å². The van der Waals surface area contributed by atoms with Crippen molar-refractivity contribution in [3.63, 3.8) is 0 Å². The van der Waals surface area contributed by atoms with E-state index in [0.717, 1.165) is 16.9 Å². The molecule has 0 bridgehead atoms. The summed E-state index contributed by atoms with van der Waals surface area (Å²) in [7, 11) is 1.25. The van der Waals surface area contributed by atoms with Crippen molar-refractivity contribution < 1.29 is 18.0 Å². The van der Waals surface area contributed by atoms with E-state index < -0.39 is 17.3 Å². The van der Waals surface area contributed by atoms with Crippen LogP contribution in [0.5, 0.6) is 0 Å². The Kier molecular flexibility index (Phi) is 2.90. The summed E-state index contributed by atoms with van der Waals surface area (Å²) in [4.78, 5) is 17.3. The van der Waals surface area contributed by atoms with E-state index in [4.69, 9.17) is 4.84 Å². The topological polar surface area (TPSA) is 31.2 Å². The summed E-state index contributed by atoms with van der Waals surface area (Å²) in [5.41, 5.74) is -1.22. The molecule has 0 aliphatic rings. The van der Waals surface area contributed by atoms with E-state index in [9.17, 15) is 18.0 Å². The van der Waals surface area contributed by atoms with Gasteiger partial charge in [0.25, 0.3) is 5.56 Å². The molecule has 21 heavy (non-hydrogen) atoms. The Morgan fingerprint density at radius 3 is 2.29 bits per heavy atom. The van der Waals surface area contributed by atoms with Crippen LogP contribution in [-0.2, 0) is 6.18 Å². The van der Waals surface area contributed by atoms with E-state index in [0.29, 0.717) is 16.2 Å². The second-order valence-corrected chi connectivity index (χ2v) is 4.56. The number of hydrogen-bond donors (Lipinski definition) is 0. The summed E-state index contributed by atoms with van der Waals surface area (Å²) in [6.45, 7) is 0. The SMILES string of the molecule is COn1c(=O)c2ccccc2c2ccc(C(F)(F)F)cc21. The Hall–Kier alpha value is -2.50. The van der Waals surface area contributed by atoms with Gasteiger partial charge in [0.15, 0.2) is 0 Å². The lowest BCUT2D eigenvalue weighted by Crippen LogP contribution is -2.25. The first kappa shape index (κ1) is 13.5. The number of aromatic nitrogens is 1. The smallest absolute Gasteiger partial charge is 0.413 e. The van der Waals surface area contributed by atoms with Crippen molar-refractivity contribution >= 4 is 21.7 Å². The van der Waals surface area contributed by atoms with Gasteiger partial charge in [-0.1, -0.05) is 24.3 Å². The highest BCUT2D eigenvalue weighted by atomic mass is 19.4. The maximum Gasteiger partial charge on any atom is 0.416 e. The quantitative estimate of drug-likeness (QED) is 0.645. The lowest BCUT2D eigenvalue weighted by atomic mass is 10.0. The molecule has 3 rings (SSSR count). The third-order valence-electron chi connectivity index (χ3n) is 3.36. The molecule has 0 aliphatic heterocycles. The maximum absolute atomic E-state index is 12.8. The van der Waals surface area contributed by atoms with Crippen molar-refractivity contribution in [3.05, 3.63) is 58.4 Å². The van der Waals surface area contributed by atoms with Gasteiger partial charge in [-0.05, 0) is 23.6 Å². The summed E-state index contributed by atoms with van der Waals surface area (Å²) in [6, 6.07) is 10.0. The fourth-order valence-electron chi connectivity index (χ4n) is 2.41. The standard InChI is InChI=1S/C15H10F3NO2/c1-21-19-13-8-9(15(16,17)18)6-7-11(13)10-4-2-3-5-12(10)14(19)20/h2-8H,1H3. The Balaban J connectivity index is 2.52. The molecule has 0 atom stereocenters. The van der Waals surface area contributed by atoms with Gasteiger partial charge < -0.3 is 4.84 Å². The van der Waals surface area contributed by atoms with E-state index in [-0.39, 0.29) is 5.52 Å². The molecular weight excluding hydrogens is 283 g/mol. The first-order chi connectivity index (χ1) is 9.93. The molecule has 1 heterocycles. The van der Waals surface area contributed by atoms with Crippen LogP contribution < -0.4 is 10.4 Å². The van der Waals surface area contributed by atoms with Gasteiger partial charge in [-0.3, -0.25) is 4.79 Å². The van der Waals surface area contributed by atoms with E-state index in [1.807, 2.05) is 0 Å². The summed E-state index contributed by atoms with van der Waals surface area (Å²) in [5.74, 6) is 0. The summed E-state index contributed by atoms with van der Waals surface area (Å²) >= 11 is 0. The molecule has 0 fully saturated rings. The largest absolute Gasteiger partial charge is 0.416 e. The van der Waals surface area contributed by atoms with Gasteiger partial charge in [-0.2, -0.15) is 13.2 Å². The minimum absolute atomic E-state index is 0.0935. The lowest BCUT2D eigenvalue weighted by Gasteiger charge is -2.13. The minimum atomic E-state index is -4.48. The average Bonchev–Trinajstić information content (AvgIpc) is 2.46. The monoisotopic (exact) mass is 293 g/mol. The van der Waals surface area contributed by atoms with Gasteiger partial charge in [0.05, 0.1) is 16.5 Å². The number of hydrogen-bond acceptors (Lipinski definition) is 2. The van der Waals surface area contributed by atoms with Gasteiger partial charge in [-0.25, -0.2) is 0 Å². The third-order valence-corrected chi connectivity index (χ3v) is 3.36. The normalized spacial score (nSPS) is 12.0. The Morgan fingerprint density at radius 2 is 1.67 bits per heavy atom. The summed E-state index contributed by atoms with van der Waals surface area (Å²) < 4.78 is 39.4. The number of benzene rings is 2. The maximum atomic E-state index is 12.8. The molecule has 0 N–H and O–H groups in total. The van der Waals surface area contributed by atoms with Crippen LogP contribution in [-0.4, -0.2) is 11.8 Å². The molecular formula is C15H10F3NO2. The zero-order valence-corrected chi connectivity index (χ0v) is 10.9. The molecule has 1 aromatic heterocycles. The van der Waals surface area contributed by atoms with E-state index in [2.05, 4.69) is 0 Å². The van der Waals surface area contributed by atoms with Crippen LogP contribution in [0.15, 0.2) is 47.3 Å². The molecule has 2 aromatic carbocycles. The Bertz CT molecular complexity index is 897. The predicted octanol–water partition coefficient (Wildman–Crippen LogP) is 3.23. The van der Waals surface area contributed by atoms with Crippen LogP contribution in [0.1, 0.15) is 5.56 Å². The van der Waals surface area contributed by atoms with Gasteiger partial charge in [0, 0.05) is 5.39 Å². The highest BCUT2D eigenvalue weighted by molar-refractivity contribution is 6.05. The lowest BCUT2D eigenvalue weighted by molar-refractivity contribution is -0.137. The third kappa shape index (κ3) is 2.03. The number of nitrogens with zero attached hydrogens (tertiary/aromatic N) is 1. The van der Waals surface area contributed by atoms with Crippen LogP contribution in [0.25, 0.3) is 21.7 Å². The molecule has 108 valence electrons. The van der Waals surface area contributed by atoms with Crippen LogP contribution in [0.2, 0.25) is 0 Å². The summed E-state index contributed by atoms with van der Waals surface area (Å²) in [6.07, 6.45) is -4.48. The van der Waals surface area contributed by atoms with Crippen LogP contribution in [0.3, 0.4) is 0 Å². The number of pyridine rings is 1. The van der Waals surface area contributed by atoms with Crippen molar-refractivity contribution in [2.75, 3.05) is 7.11 Å². The van der Waals surface area contributed by atoms with Gasteiger partial charge >= 0.3 is 6.18 Å². The van der Waals surface area contributed by atoms with Crippen molar-refractivity contribution in [1.82, 2.24) is 4.73 Å². The highest BCUT2D eigenvalue weighted by Gasteiger charge is 2.31. The zero-order valence-electron chi connectivity index (χ0n) is 10.9. The fourth-order valence-corrected chi connectivity index (χ4v) is 2.41.